The predicted molar refractivity (Wildman–Crippen MR) is 112 cm³/mol. The van der Waals surface area contributed by atoms with Crippen molar-refractivity contribution in [1.29, 1.82) is 0 Å². The van der Waals surface area contributed by atoms with Gasteiger partial charge in [0, 0.05) is 25.7 Å². The summed E-state index contributed by atoms with van der Waals surface area (Å²) in [6.07, 6.45) is 2.01. The maximum absolute atomic E-state index is 13.0. The van der Waals surface area contributed by atoms with Gasteiger partial charge in [-0.05, 0) is 55.8 Å². The van der Waals surface area contributed by atoms with Crippen molar-refractivity contribution in [2.45, 2.75) is 32.0 Å². The maximum Gasteiger partial charge on any atom is 0.328 e. The van der Waals surface area contributed by atoms with Gasteiger partial charge in [-0.2, -0.15) is 0 Å². The van der Waals surface area contributed by atoms with E-state index in [-0.39, 0.29) is 17.1 Å². The molecule has 1 aromatic heterocycles. The van der Waals surface area contributed by atoms with Crippen molar-refractivity contribution in [2.75, 3.05) is 19.6 Å². The Labute approximate surface area is 168 Å². The Morgan fingerprint density at radius 2 is 1.72 bits per heavy atom. The molecule has 1 aliphatic heterocycles. The van der Waals surface area contributed by atoms with Gasteiger partial charge in [0.15, 0.2) is 0 Å². The third-order valence-corrected chi connectivity index (χ3v) is 5.62. The van der Waals surface area contributed by atoms with Gasteiger partial charge < -0.3 is 15.2 Å². The van der Waals surface area contributed by atoms with Crippen LogP contribution < -0.4 is 16.6 Å². The molecule has 6 nitrogen and oxygen atoms in total. The number of H-pyrrole nitrogens is 1. The van der Waals surface area contributed by atoms with Crippen molar-refractivity contribution in [2.24, 2.45) is 0 Å². The molecule has 0 amide bonds. The molecule has 2 N–H and O–H groups in total. The number of para-hydroxylation sites is 1. The van der Waals surface area contributed by atoms with Crippen molar-refractivity contribution in [3.05, 3.63) is 80.7 Å². The van der Waals surface area contributed by atoms with Crippen LogP contribution in [0.15, 0.2) is 58.1 Å². The second kappa shape index (κ2) is 8.71. The van der Waals surface area contributed by atoms with Crippen molar-refractivity contribution < 1.29 is 4.39 Å². The average molecular weight is 396 g/mol. The molecule has 29 heavy (non-hydrogen) atoms. The molecule has 1 saturated heterocycles. The zero-order valence-corrected chi connectivity index (χ0v) is 16.2. The zero-order valence-electron chi connectivity index (χ0n) is 16.2. The number of aromatic nitrogens is 2. The zero-order chi connectivity index (χ0) is 20.2. The number of nitrogens with zero attached hydrogens (tertiary/aromatic N) is 2. The summed E-state index contributed by atoms with van der Waals surface area (Å²) >= 11 is 0. The molecule has 152 valence electrons. The predicted octanol–water partition coefficient (Wildman–Crippen LogP) is 2.08. The molecule has 0 atom stereocenters. The summed E-state index contributed by atoms with van der Waals surface area (Å²) in [5.74, 6) is -0.216. The Kier molecular flexibility index (Phi) is 5.87. The first-order valence-electron chi connectivity index (χ1n) is 10.0. The number of piperidine rings is 1. The minimum absolute atomic E-state index is 0.216. The van der Waals surface area contributed by atoms with Gasteiger partial charge in [-0.15, -0.1) is 0 Å². The first kappa shape index (κ1) is 19.5. The lowest BCUT2D eigenvalue weighted by Crippen LogP contribution is -2.45. The summed E-state index contributed by atoms with van der Waals surface area (Å²) in [5.41, 5.74) is 1.06. The number of hydrogen-bond acceptors (Lipinski definition) is 4. The topological polar surface area (TPSA) is 70.1 Å². The average Bonchev–Trinajstić information content (AvgIpc) is 2.74. The monoisotopic (exact) mass is 396 g/mol. The fourth-order valence-electron chi connectivity index (χ4n) is 3.87. The highest BCUT2D eigenvalue weighted by atomic mass is 19.1. The molecule has 2 aromatic carbocycles. The van der Waals surface area contributed by atoms with Crippen molar-refractivity contribution in [3.63, 3.8) is 0 Å². The van der Waals surface area contributed by atoms with Crippen LogP contribution in [0.1, 0.15) is 18.4 Å². The molecular formula is C22H25FN4O2. The smallest absolute Gasteiger partial charge is 0.310 e. The molecule has 7 heteroatoms. The summed E-state index contributed by atoms with van der Waals surface area (Å²) in [7, 11) is 0. The molecule has 1 fully saturated rings. The number of fused-ring (bicyclic) bond motifs is 1. The van der Waals surface area contributed by atoms with Crippen LogP contribution >= 0.6 is 0 Å². The Balaban J connectivity index is 1.29. The van der Waals surface area contributed by atoms with Crippen LogP contribution in [-0.2, 0) is 13.1 Å². The minimum atomic E-state index is -0.357. The summed E-state index contributed by atoms with van der Waals surface area (Å²) in [6, 6.07) is 14.1. The van der Waals surface area contributed by atoms with Crippen LogP contribution in [0.3, 0.4) is 0 Å². The molecule has 0 saturated carbocycles. The number of likely N-dealkylation sites (tertiary alicyclic amines) is 1. The number of aromatic amines is 1. The van der Waals surface area contributed by atoms with Crippen LogP contribution in [0.2, 0.25) is 0 Å². The van der Waals surface area contributed by atoms with Gasteiger partial charge in [0.05, 0.1) is 10.9 Å². The summed E-state index contributed by atoms with van der Waals surface area (Å²) in [6.45, 7) is 3.62. The largest absolute Gasteiger partial charge is 0.328 e. The van der Waals surface area contributed by atoms with E-state index in [0.717, 1.165) is 38.0 Å². The quantitative estimate of drug-likeness (QED) is 0.669. The molecule has 0 aliphatic carbocycles. The van der Waals surface area contributed by atoms with Crippen molar-refractivity contribution in [1.82, 2.24) is 19.8 Å². The van der Waals surface area contributed by atoms with E-state index in [9.17, 15) is 14.0 Å². The molecule has 3 aromatic rings. The highest BCUT2D eigenvalue weighted by Crippen LogP contribution is 2.12. The van der Waals surface area contributed by atoms with Gasteiger partial charge in [0.1, 0.15) is 5.82 Å². The normalized spacial score (nSPS) is 15.8. The Bertz CT molecular complexity index is 1080. The molecule has 4 rings (SSSR count). The molecule has 2 heterocycles. The Morgan fingerprint density at radius 1 is 1.00 bits per heavy atom. The molecule has 1 aliphatic rings. The number of rotatable bonds is 6. The highest BCUT2D eigenvalue weighted by Gasteiger charge is 2.19. The first-order valence-corrected chi connectivity index (χ1v) is 10.0. The second-order valence-electron chi connectivity index (χ2n) is 7.56. The SMILES string of the molecule is O=c1[nH]c2ccccc2c(=O)n1CCN1CCC(NCc2ccc(F)cc2)CC1. The van der Waals surface area contributed by atoms with Gasteiger partial charge in [-0.3, -0.25) is 9.36 Å². The number of nitrogens with one attached hydrogen (secondary N) is 2. The maximum atomic E-state index is 13.0. The van der Waals surface area contributed by atoms with Crippen molar-refractivity contribution in [3.8, 4) is 0 Å². The van der Waals surface area contributed by atoms with E-state index in [2.05, 4.69) is 15.2 Å². The number of halogens is 1. The molecule has 0 bridgehead atoms. The van der Waals surface area contributed by atoms with E-state index in [1.54, 1.807) is 36.4 Å². The fourth-order valence-corrected chi connectivity index (χ4v) is 3.87. The van der Waals surface area contributed by atoms with Crippen molar-refractivity contribution >= 4 is 10.9 Å². The van der Waals surface area contributed by atoms with E-state index in [0.29, 0.717) is 30.0 Å². The van der Waals surface area contributed by atoms with E-state index < -0.39 is 0 Å². The second-order valence-corrected chi connectivity index (χ2v) is 7.56. The standard InChI is InChI=1S/C22H25FN4O2/c23-17-7-5-16(6-8-17)15-24-18-9-11-26(12-10-18)13-14-27-21(28)19-3-1-2-4-20(19)25-22(27)29/h1-8,18,24H,9-15H2,(H,25,29). The first-order chi connectivity index (χ1) is 14.1. The van der Waals surface area contributed by atoms with E-state index in [1.165, 1.54) is 16.7 Å². The molecular weight excluding hydrogens is 371 g/mol. The third kappa shape index (κ3) is 4.63. The van der Waals surface area contributed by atoms with Crippen LogP contribution in [0.25, 0.3) is 10.9 Å². The lowest BCUT2D eigenvalue weighted by atomic mass is 10.0. The van der Waals surface area contributed by atoms with Crippen LogP contribution in [-0.4, -0.2) is 40.1 Å². The Hall–Kier alpha value is -2.77. The fraction of sp³-hybridized carbons (Fsp3) is 0.364. The summed E-state index contributed by atoms with van der Waals surface area (Å²) in [4.78, 5) is 30.0. The van der Waals surface area contributed by atoms with E-state index in [1.807, 2.05) is 0 Å². The lowest BCUT2D eigenvalue weighted by Gasteiger charge is -2.32. The van der Waals surface area contributed by atoms with Crippen LogP contribution in [0.5, 0.6) is 0 Å². The van der Waals surface area contributed by atoms with Gasteiger partial charge in [-0.1, -0.05) is 24.3 Å². The van der Waals surface area contributed by atoms with E-state index in [4.69, 9.17) is 0 Å². The van der Waals surface area contributed by atoms with Gasteiger partial charge in [0.25, 0.3) is 5.56 Å². The molecule has 0 radical (unpaired) electrons. The lowest BCUT2D eigenvalue weighted by molar-refractivity contribution is 0.190. The Morgan fingerprint density at radius 3 is 2.48 bits per heavy atom. The van der Waals surface area contributed by atoms with Crippen LogP contribution in [0.4, 0.5) is 4.39 Å². The molecule has 0 spiro atoms. The highest BCUT2D eigenvalue weighted by molar-refractivity contribution is 5.76. The van der Waals surface area contributed by atoms with Gasteiger partial charge in [0.2, 0.25) is 0 Å². The van der Waals surface area contributed by atoms with E-state index >= 15 is 0 Å². The van der Waals surface area contributed by atoms with Crippen LogP contribution in [0, 0.1) is 5.82 Å². The summed E-state index contributed by atoms with van der Waals surface area (Å²) in [5, 5.41) is 4.07. The van der Waals surface area contributed by atoms with Gasteiger partial charge >= 0.3 is 5.69 Å². The third-order valence-electron chi connectivity index (χ3n) is 5.62. The number of hydrogen-bond donors (Lipinski definition) is 2. The minimum Gasteiger partial charge on any atom is -0.310 e. The van der Waals surface area contributed by atoms with Gasteiger partial charge in [-0.25, -0.2) is 9.18 Å². The molecule has 0 unspecified atom stereocenters. The number of benzene rings is 2. The summed E-state index contributed by atoms with van der Waals surface area (Å²) < 4.78 is 14.3.